The molecule has 7 nitrogen and oxygen atoms in total. The SMILES string of the molecule is CC(C)(C)OC(=O)N1CCc2cn[nH]c2C1C(=O)O. The molecule has 0 saturated heterocycles. The van der Waals surface area contributed by atoms with Crippen LogP contribution in [0.4, 0.5) is 4.79 Å². The van der Waals surface area contributed by atoms with Gasteiger partial charge in [0.2, 0.25) is 0 Å². The van der Waals surface area contributed by atoms with Crippen LogP contribution in [-0.4, -0.2) is 44.4 Å². The van der Waals surface area contributed by atoms with Gasteiger partial charge in [0.1, 0.15) is 5.60 Å². The van der Waals surface area contributed by atoms with Gasteiger partial charge in [-0.15, -0.1) is 0 Å². The average molecular weight is 267 g/mol. The monoisotopic (exact) mass is 267 g/mol. The summed E-state index contributed by atoms with van der Waals surface area (Å²) in [5, 5.41) is 15.8. The number of ether oxygens (including phenoxy) is 1. The molecule has 1 atom stereocenters. The molecule has 1 amide bonds. The van der Waals surface area contributed by atoms with Gasteiger partial charge in [-0.3, -0.25) is 10.00 Å². The molecule has 7 heteroatoms. The number of rotatable bonds is 1. The normalized spacial score (nSPS) is 18.9. The third-order valence-corrected chi connectivity index (χ3v) is 2.82. The molecular formula is C12H17N3O4. The fourth-order valence-electron chi connectivity index (χ4n) is 2.06. The van der Waals surface area contributed by atoms with Crippen molar-refractivity contribution in [3.8, 4) is 0 Å². The van der Waals surface area contributed by atoms with E-state index in [2.05, 4.69) is 10.2 Å². The summed E-state index contributed by atoms with van der Waals surface area (Å²) >= 11 is 0. The molecule has 0 aliphatic carbocycles. The molecule has 1 aromatic heterocycles. The average Bonchev–Trinajstić information content (AvgIpc) is 2.72. The van der Waals surface area contributed by atoms with E-state index < -0.39 is 23.7 Å². The van der Waals surface area contributed by atoms with Crippen molar-refractivity contribution >= 4 is 12.1 Å². The molecular weight excluding hydrogens is 250 g/mol. The van der Waals surface area contributed by atoms with Gasteiger partial charge < -0.3 is 9.84 Å². The van der Waals surface area contributed by atoms with Crippen LogP contribution < -0.4 is 0 Å². The van der Waals surface area contributed by atoms with E-state index in [9.17, 15) is 14.7 Å². The van der Waals surface area contributed by atoms with Crippen molar-refractivity contribution in [3.05, 3.63) is 17.5 Å². The molecule has 1 aromatic rings. The van der Waals surface area contributed by atoms with Crippen LogP contribution in [-0.2, 0) is 16.0 Å². The van der Waals surface area contributed by atoms with Crippen LogP contribution in [0.3, 0.4) is 0 Å². The number of nitrogens with zero attached hydrogens (tertiary/aromatic N) is 2. The van der Waals surface area contributed by atoms with Gasteiger partial charge in [-0.25, -0.2) is 9.59 Å². The molecule has 104 valence electrons. The van der Waals surface area contributed by atoms with Gasteiger partial charge in [0.15, 0.2) is 6.04 Å². The number of carboxylic acids is 1. The van der Waals surface area contributed by atoms with Crippen LogP contribution in [0, 0.1) is 0 Å². The number of aromatic amines is 1. The van der Waals surface area contributed by atoms with Crippen molar-refractivity contribution in [2.75, 3.05) is 6.54 Å². The number of H-pyrrole nitrogens is 1. The van der Waals surface area contributed by atoms with Crippen LogP contribution in [0.15, 0.2) is 6.20 Å². The second kappa shape index (κ2) is 4.56. The van der Waals surface area contributed by atoms with E-state index in [4.69, 9.17) is 4.74 Å². The van der Waals surface area contributed by atoms with E-state index in [0.29, 0.717) is 18.7 Å². The number of nitrogens with one attached hydrogen (secondary N) is 1. The van der Waals surface area contributed by atoms with Crippen molar-refractivity contribution in [2.24, 2.45) is 0 Å². The number of fused-ring (bicyclic) bond motifs is 1. The van der Waals surface area contributed by atoms with Crippen molar-refractivity contribution in [3.63, 3.8) is 0 Å². The largest absolute Gasteiger partial charge is 0.479 e. The predicted octanol–water partition coefficient (Wildman–Crippen LogP) is 1.33. The summed E-state index contributed by atoms with van der Waals surface area (Å²) in [5.74, 6) is -1.10. The first-order valence-electron chi connectivity index (χ1n) is 6.04. The highest BCUT2D eigenvalue weighted by Crippen LogP contribution is 2.29. The maximum Gasteiger partial charge on any atom is 0.411 e. The smallest absolute Gasteiger partial charge is 0.411 e. The second-order valence-electron chi connectivity index (χ2n) is 5.47. The molecule has 0 radical (unpaired) electrons. The lowest BCUT2D eigenvalue weighted by Crippen LogP contribution is -2.45. The molecule has 1 aliphatic rings. The zero-order valence-electron chi connectivity index (χ0n) is 11.1. The van der Waals surface area contributed by atoms with E-state index >= 15 is 0 Å². The number of hydrogen-bond donors (Lipinski definition) is 2. The summed E-state index contributed by atoms with van der Waals surface area (Å²) in [6.07, 6.45) is 1.53. The Morgan fingerprint density at radius 1 is 1.53 bits per heavy atom. The van der Waals surface area contributed by atoms with E-state index in [1.165, 1.54) is 4.90 Å². The lowest BCUT2D eigenvalue weighted by molar-refractivity contribution is -0.144. The maximum atomic E-state index is 12.1. The summed E-state index contributed by atoms with van der Waals surface area (Å²) < 4.78 is 5.24. The first-order chi connectivity index (χ1) is 8.79. The van der Waals surface area contributed by atoms with Crippen LogP contribution in [0.25, 0.3) is 0 Å². The third-order valence-electron chi connectivity index (χ3n) is 2.82. The van der Waals surface area contributed by atoms with Gasteiger partial charge in [0, 0.05) is 6.54 Å². The van der Waals surface area contributed by atoms with Crippen molar-refractivity contribution in [1.29, 1.82) is 0 Å². The number of aromatic nitrogens is 2. The summed E-state index contributed by atoms with van der Waals surface area (Å²) in [7, 11) is 0. The molecule has 0 spiro atoms. The number of carbonyl (C=O) groups is 2. The van der Waals surface area contributed by atoms with E-state index in [1.54, 1.807) is 27.0 Å². The minimum absolute atomic E-state index is 0.304. The molecule has 1 aliphatic heterocycles. The van der Waals surface area contributed by atoms with Gasteiger partial charge in [0.25, 0.3) is 0 Å². The Morgan fingerprint density at radius 2 is 2.21 bits per heavy atom. The lowest BCUT2D eigenvalue weighted by atomic mass is 10.0. The summed E-state index contributed by atoms with van der Waals surface area (Å²) in [4.78, 5) is 24.7. The minimum atomic E-state index is -1.10. The maximum absolute atomic E-state index is 12.1. The first kappa shape index (κ1) is 13.4. The zero-order valence-corrected chi connectivity index (χ0v) is 11.1. The van der Waals surface area contributed by atoms with Crippen LogP contribution in [0.1, 0.15) is 38.1 Å². The van der Waals surface area contributed by atoms with E-state index in [0.717, 1.165) is 5.56 Å². The van der Waals surface area contributed by atoms with Gasteiger partial charge in [0.05, 0.1) is 11.9 Å². The number of aliphatic carboxylic acids is 1. The summed E-state index contributed by atoms with van der Waals surface area (Å²) in [6.45, 7) is 5.53. The molecule has 0 bridgehead atoms. The lowest BCUT2D eigenvalue weighted by Gasteiger charge is -2.33. The second-order valence-corrected chi connectivity index (χ2v) is 5.47. The van der Waals surface area contributed by atoms with Crippen molar-refractivity contribution < 1.29 is 19.4 Å². The number of carbonyl (C=O) groups excluding carboxylic acids is 1. The highest BCUT2D eigenvalue weighted by molar-refractivity contribution is 5.82. The third kappa shape index (κ3) is 2.69. The molecule has 0 fully saturated rings. The fraction of sp³-hybridized carbons (Fsp3) is 0.583. The van der Waals surface area contributed by atoms with E-state index in [-0.39, 0.29) is 0 Å². The van der Waals surface area contributed by atoms with Gasteiger partial charge >= 0.3 is 12.1 Å². The van der Waals surface area contributed by atoms with Crippen LogP contribution in [0.2, 0.25) is 0 Å². The van der Waals surface area contributed by atoms with Gasteiger partial charge in [-0.05, 0) is 32.8 Å². The minimum Gasteiger partial charge on any atom is -0.479 e. The molecule has 1 unspecified atom stereocenters. The molecule has 2 N–H and O–H groups in total. The van der Waals surface area contributed by atoms with E-state index in [1.807, 2.05) is 0 Å². The standard InChI is InChI=1S/C12H17N3O4/c1-12(2,3)19-11(18)15-5-4-7-6-13-14-8(7)9(15)10(16)17/h6,9H,4-5H2,1-3H3,(H,13,14)(H,16,17). The predicted molar refractivity (Wildman–Crippen MR) is 65.6 cm³/mol. The molecule has 19 heavy (non-hydrogen) atoms. The number of carboxylic acid groups (broad SMARTS) is 1. The Balaban J connectivity index is 2.27. The number of amides is 1. The summed E-state index contributed by atoms with van der Waals surface area (Å²) in [6, 6.07) is -1.07. The first-order valence-corrected chi connectivity index (χ1v) is 6.04. The molecule has 2 rings (SSSR count). The Labute approximate surface area is 110 Å². The fourth-order valence-corrected chi connectivity index (χ4v) is 2.06. The Bertz CT molecular complexity index is 503. The molecule has 2 heterocycles. The summed E-state index contributed by atoms with van der Waals surface area (Å²) in [5.41, 5.74) is 0.616. The highest BCUT2D eigenvalue weighted by atomic mass is 16.6. The topological polar surface area (TPSA) is 95.5 Å². The molecule has 0 saturated carbocycles. The number of hydrogen-bond acceptors (Lipinski definition) is 4. The van der Waals surface area contributed by atoms with Crippen molar-refractivity contribution in [1.82, 2.24) is 15.1 Å². The Kier molecular flexibility index (Phi) is 3.21. The zero-order chi connectivity index (χ0) is 14.2. The molecule has 0 aromatic carbocycles. The quantitative estimate of drug-likeness (QED) is 0.800. The van der Waals surface area contributed by atoms with Crippen LogP contribution in [0.5, 0.6) is 0 Å². The Hall–Kier alpha value is -2.05. The van der Waals surface area contributed by atoms with Gasteiger partial charge in [-0.2, -0.15) is 5.10 Å². The van der Waals surface area contributed by atoms with Crippen LogP contribution >= 0.6 is 0 Å². The Morgan fingerprint density at radius 3 is 2.79 bits per heavy atom. The highest BCUT2D eigenvalue weighted by Gasteiger charge is 2.39. The van der Waals surface area contributed by atoms with Crippen molar-refractivity contribution in [2.45, 2.75) is 38.8 Å². The van der Waals surface area contributed by atoms with Gasteiger partial charge in [-0.1, -0.05) is 0 Å².